The molecule has 1 unspecified atom stereocenters. The summed E-state index contributed by atoms with van der Waals surface area (Å²) < 4.78 is 38.2. The summed E-state index contributed by atoms with van der Waals surface area (Å²) >= 11 is 1.05. The van der Waals surface area contributed by atoms with Gasteiger partial charge in [-0.25, -0.2) is 4.79 Å². The third kappa shape index (κ3) is 4.13. The van der Waals surface area contributed by atoms with E-state index in [0.29, 0.717) is 6.92 Å². The van der Waals surface area contributed by atoms with Gasteiger partial charge in [0.15, 0.2) is 0 Å². The predicted molar refractivity (Wildman–Crippen MR) is 72.1 cm³/mol. The number of nitrogens with one attached hydrogen (secondary N) is 1. The van der Waals surface area contributed by atoms with Crippen molar-refractivity contribution in [2.45, 2.75) is 30.5 Å². The summed E-state index contributed by atoms with van der Waals surface area (Å²) in [6, 6.07) is 7.07. The molecule has 0 aliphatic rings. The standard InChI is InChI=1S/C13H14F3NO3S/c1-8-5-3-4-6-9(8)21-7-10(18)17-12(2,11(19)20)13(14,15)16/h3-6H,7H2,1-2H3,(H,17,18)(H,19,20). The molecule has 0 spiro atoms. The van der Waals surface area contributed by atoms with Crippen molar-refractivity contribution in [1.82, 2.24) is 5.32 Å². The van der Waals surface area contributed by atoms with Gasteiger partial charge in [-0.2, -0.15) is 13.2 Å². The summed E-state index contributed by atoms with van der Waals surface area (Å²) in [7, 11) is 0. The minimum absolute atomic E-state index is 0.302. The fourth-order valence-electron chi connectivity index (χ4n) is 1.42. The van der Waals surface area contributed by atoms with Gasteiger partial charge < -0.3 is 10.4 Å². The number of benzene rings is 1. The quantitative estimate of drug-likeness (QED) is 0.818. The Balaban J connectivity index is 2.73. The second-order valence-electron chi connectivity index (χ2n) is 4.53. The maximum absolute atomic E-state index is 12.7. The number of amides is 1. The van der Waals surface area contributed by atoms with Crippen LogP contribution in [0, 0.1) is 6.92 Å². The van der Waals surface area contributed by atoms with E-state index in [1.807, 2.05) is 0 Å². The third-order valence-corrected chi connectivity index (χ3v) is 4.01. The number of halogens is 3. The summed E-state index contributed by atoms with van der Waals surface area (Å²) in [4.78, 5) is 23.1. The predicted octanol–water partition coefficient (Wildman–Crippen LogP) is 2.61. The van der Waals surface area contributed by atoms with Gasteiger partial charge in [-0.05, 0) is 25.5 Å². The highest BCUT2D eigenvalue weighted by molar-refractivity contribution is 8.00. The normalized spacial score (nSPS) is 14.3. The van der Waals surface area contributed by atoms with Gasteiger partial charge in [-0.15, -0.1) is 11.8 Å². The number of rotatable bonds is 5. The highest BCUT2D eigenvalue weighted by atomic mass is 32.2. The molecule has 0 aromatic heterocycles. The first kappa shape index (κ1) is 17.4. The molecule has 4 nitrogen and oxygen atoms in total. The number of carbonyl (C=O) groups excluding carboxylic acids is 1. The van der Waals surface area contributed by atoms with E-state index in [9.17, 15) is 22.8 Å². The van der Waals surface area contributed by atoms with E-state index in [4.69, 9.17) is 5.11 Å². The molecule has 21 heavy (non-hydrogen) atoms. The van der Waals surface area contributed by atoms with Crippen molar-refractivity contribution in [1.29, 1.82) is 0 Å². The van der Waals surface area contributed by atoms with Crippen LogP contribution in [0.1, 0.15) is 12.5 Å². The Bertz CT molecular complexity index is 548. The number of carboxylic acids is 1. The number of aryl methyl sites for hydroxylation is 1. The zero-order valence-electron chi connectivity index (χ0n) is 11.3. The molecule has 8 heteroatoms. The fourth-order valence-corrected chi connectivity index (χ4v) is 2.25. The number of thioether (sulfide) groups is 1. The molecule has 0 aliphatic heterocycles. The molecule has 1 amide bonds. The first-order valence-corrected chi connectivity index (χ1v) is 6.86. The summed E-state index contributed by atoms with van der Waals surface area (Å²) in [5.74, 6) is -3.45. The fraction of sp³-hybridized carbons (Fsp3) is 0.385. The second kappa shape index (κ2) is 6.38. The van der Waals surface area contributed by atoms with E-state index >= 15 is 0 Å². The molecule has 2 N–H and O–H groups in total. The van der Waals surface area contributed by atoms with Crippen LogP contribution in [-0.4, -0.2) is 34.5 Å². The molecule has 116 valence electrons. The lowest BCUT2D eigenvalue weighted by atomic mass is 10.0. The molecule has 0 radical (unpaired) electrons. The van der Waals surface area contributed by atoms with Gasteiger partial charge in [0.1, 0.15) is 0 Å². The van der Waals surface area contributed by atoms with Crippen LogP contribution in [-0.2, 0) is 9.59 Å². The minimum atomic E-state index is -5.08. The summed E-state index contributed by atoms with van der Waals surface area (Å²) in [6.07, 6.45) is -5.08. The zero-order valence-corrected chi connectivity index (χ0v) is 12.1. The Morgan fingerprint density at radius 2 is 1.86 bits per heavy atom. The lowest BCUT2D eigenvalue weighted by molar-refractivity contribution is -0.206. The largest absolute Gasteiger partial charge is 0.479 e. The highest BCUT2D eigenvalue weighted by Crippen LogP contribution is 2.30. The maximum Gasteiger partial charge on any atom is 0.422 e. The number of alkyl halides is 3. The molecule has 0 saturated heterocycles. The maximum atomic E-state index is 12.7. The van der Waals surface area contributed by atoms with Gasteiger partial charge >= 0.3 is 12.1 Å². The van der Waals surface area contributed by atoms with Crippen LogP contribution in [0.4, 0.5) is 13.2 Å². The van der Waals surface area contributed by atoms with Gasteiger partial charge in [0.2, 0.25) is 11.4 Å². The SMILES string of the molecule is Cc1ccccc1SCC(=O)NC(C)(C(=O)O)C(F)(F)F. The molecule has 0 heterocycles. The summed E-state index contributed by atoms with van der Waals surface area (Å²) in [5, 5.41) is 10.2. The Kier molecular flexibility index (Phi) is 5.27. The highest BCUT2D eigenvalue weighted by Gasteiger charge is 2.58. The van der Waals surface area contributed by atoms with Crippen molar-refractivity contribution in [3.63, 3.8) is 0 Å². The second-order valence-corrected chi connectivity index (χ2v) is 5.55. The van der Waals surface area contributed by atoms with Crippen LogP contribution in [0.15, 0.2) is 29.2 Å². The number of hydrogen-bond donors (Lipinski definition) is 2. The molecule has 1 atom stereocenters. The molecule has 0 bridgehead atoms. The average Bonchev–Trinajstić information content (AvgIpc) is 2.36. The van der Waals surface area contributed by atoms with Gasteiger partial charge in [-0.1, -0.05) is 18.2 Å². The van der Waals surface area contributed by atoms with Crippen LogP contribution >= 0.6 is 11.8 Å². The summed E-state index contributed by atoms with van der Waals surface area (Å²) in [6.45, 7) is 2.23. The number of hydrogen-bond acceptors (Lipinski definition) is 3. The van der Waals surface area contributed by atoms with E-state index in [2.05, 4.69) is 0 Å². The number of carboxylic acid groups (broad SMARTS) is 1. The Hall–Kier alpha value is -1.70. The topological polar surface area (TPSA) is 66.4 Å². The Morgan fingerprint density at radius 1 is 1.29 bits per heavy atom. The monoisotopic (exact) mass is 321 g/mol. The first-order chi connectivity index (χ1) is 9.58. The molecule has 1 aromatic rings. The van der Waals surface area contributed by atoms with E-state index in [0.717, 1.165) is 22.2 Å². The smallest absolute Gasteiger partial charge is 0.422 e. The molecule has 1 rings (SSSR count). The van der Waals surface area contributed by atoms with Crippen LogP contribution in [0.2, 0.25) is 0 Å². The van der Waals surface area contributed by atoms with Crippen LogP contribution in [0.25, 0.3) is 0 Å². The van der Waals surface area contributed by atoms with Crippen LogP contribution in [0.3, 0.4) is 0 Å². The van der Waals surface area contributed by atoms with Gasteiger partial charge in [0.05, 0.1) is 5.75 Å². The van der Waals surface area contributed by atoms with Gasteiger partial charge in [0.25, 0.3) is 0 Å². The van der Waals surface area contributed by atoms with Gasteiger partial charge in [0, 0.05) is 4.90 Å². The van der Waals surface area contributed by atoms with E-state index in [1.165, 1.54) is 5.32 Å². The van der Waals surface area contributed by atoms with Crippen molar-refractivity contribution < 1.29 is 27.9 Å². The molecular weight excluding hydrogens is 307 g/mol. The lowest BCUT2D eigenvalue weighted by Crippen LogP contribution is -2.62. The summed E-state index contributed by atoms with van der Waals surface area (Å²) in [5.41, 5.74) is -2.41. The van der Waals surface area contributed by atoms with Crippen molar-refractivity contribution in [2.75, 3.05) is 5.75 Å². The van der Waals surface area contributed by atoms with Crippen LogP contribution < -0.4 is 5.32 Å². The molecular formula is C13H14F3NO3S. The molecule has 0 fully saturated rings. The number of carbonyl (C=O) groups is 2. The Labute approximate surface area is 123 Å². The van der Waals surface area contributed by atoms with Crippen molar-refractivity contribution in [3.8, 4) is 0 Å². The van der Waals surface area contributed by atoms with E-state index < -0.39 is 23.6 Å². The van der Waals surface area contributed by atoms with Crippen molar-refractivity contribution >= 4 is 23.6 Å². The lowest BCUT2D eigenvalue weighted by Gasteiger charge is -2.28. The Morgan fingerprint density at radius 3 is 2.33 bits per heavy atom. The van der Waals surface area contributed by atoms with Gasteiger partial charge in [-0.3, -0.25) is 4.79 Å². The van der Waals surface area contributed by atoms with E-state index in [1.54, 1.807) is 31.2 Å². The molecule has 0 aliphatic carbocycles. The third-order valence-electron chi connectivity index (χ3n) is 2.84. The average molecular weight is 321 g/mol. The molecule has 1 aromatic carbocycles. The molecule has 0 saturated carbocycles. The number of aliphatic carboxylic acids is 1. The minimum Gasteiger partial charge on any atom is -0.479 e. The van der Waals surface area contributed by atoms with Crippen molar-refractivity contribution in [3.05, 3.63) is 29.8 Å². The van der Waals surface area contributed by atoms with E-state index in [-0.39, 0.29) is 5.75 Å². The van der Waals surface area contributed by atoms with Crippen molar-refractivity contribution in [2.24, 2.45) is 0 Å². The zero-order chi connectivity index (χ0) is 16.3. The van der Waals surface area contributed by atoms with Crippen LogP contribution in [0.5, 0.6) is 0 Å². The first-order valence-electron chi connectivity index (χ1n) is 5.87.